The van der Waals surface area contributed by atoms with Gasteiger partial charge in [-0.15, -0.1) is 12.4 Å². The minimum absolute atomic E-state index is 0. The molecule has 0 bridgehead atoms. The molecule has 0 aliphatic carbocycles. The van der Waals surface area contributed by atoms with Crippen LogP contribution in [0.3, 0.4) is 0 Å². The summed E-state index contributed by atoms with van der Waals surface area (Å²) in [6.07, 6.45) is 1.86. The van der Waals surface area contributed by atoms with E-state index >= 15 is 0 Å². The highest BCUT2D eigenvalue weighted by molar-refractivity contribution is 7.16. The van der Waals surface area contributed by atoms with Gasteiger partial charge in [-0.25, -0.2) is 9.50 Å². The molecule has 0 amide bonds. The monoisotopic (exact) mass is 204 g/mol. The number of halogens is 1. The van der Waals surface area contributed by atoms with Gasteiger partial charge in [0.2, 0.25) is 4.96 Å². The lowest BCUT2D eigenvalue weighted by Gasteiger charge is -1.80. The van der Waals surface area contributed by atoms with Gasteiger partial charge in [0.1, 0.15) is 5.01 Å². The highest BCUT2D eigenvalue weighted by Crippen LogP contribution is 2.12. The molecule has 0 aromatic carbocycles. The number of aryl methyl sites for hydroxylation is 1. The van der Waals surface area contributed by atoms with Crippen LogP contribution in [0.25, 0.3) is 4.96 Å². The number of imidazole rings is 1. The van der Waals surface area contributed by atoms with Crippen LogP contribution < -0.4 is 5.73 Å². The zero-order valence-corrected chi connectivity index (χ0v) is 8.15. The number of aromatic nitrogens is 3. The molecule has 4 nitrogen and oxygen atoms in total. The third-order valence-electron chi connectivity index (χ3n) is 1.40. The van der Waals surface area contributed by atoms with Crippen molar-refractivity contribution >= 4 is 28.7 Å². The van der Waals surface area contributed by atoms with Crippen LogP contribution in [0.1, 0.15) is 10.7 Å². The average Bonchev–Trinajstić information content (AvgIpc) is 2.43. The molecule has 2 heterocycles. The summed E-state index contributed by atoms with van der Waals surface area (Å²) in [5, 5.41) is 5.22. The van der Waals surface area contributed by atoms with E-state index in [4.69, 9.17) is 5.73 Å². The molecular weight excluding hydrogens is 196 g/mol. The molecule has 6 heteroatoms. The van der Waals surface area contributed by atoms with Crippen molar-refractivity contribution in [3.8, 4) is 0 Å². The van der Waals surface area contributed by atoms with Gasteiger partial charge in [-0.3, -0.25) is 0 Å². The fourth-order valence-electron chi connectivity index (χ4n) is 0.943. The minimum Gasteiger partial charge on any atom is -0.325 e. The fourth-order valence-corrected chi connectivity index (χ4v) is 1.69. The van der Waals surface area contributed by atoms with Gasteiger partial charge in [0.25, 0.3) is 0 Å². The Balaban J connectivity index is 0.000000720. The van der Waals surface area contributed by atoms with Crippen molar-refractivity contribution in [2.75, 3.05) is 0 Å². The quantitative estimate of drug-likeness (QED) is 0.754. The van der Waals surface area contributed by atoms with E-state index in [0.29, 0.717) is 6.54 Å². The van der Waals surface area contributed by atoms with Crippen molar-refractivity contribution in [3.63, 3.8) is 0 Å². The van der Waals surface area contributed by atoms with Crippen LogP contribution in [0.4, 0.5) is 0 Å². The molecular formula is C6H9ClN4S. The normalized spacial score (nSPS) is 10.2. The molecule has 0 unspecified atom stereocenters. The topological polar surface area (TPSA) is 56.2 Å². The molecule has 2 aromatic rings. The highest BCUT2D eigenvalue weighted by Gasteiger charge is 2.02. The fraction of sp³-hybridized carbons (Fsp3) is 0.333. The molecule has 0 radical (unpaired) electrons. The van der Waals surface area contributed by atoms with Crippen LogP contribution in [0, 0.1) is 6.92 Å². The summed E-state index contributed by atoms with van der Waals surface area (Å²) in [5.41, 5.74) is 6.30. The lowest BCUT2D eigenvalue weighted by molar-refractivity contribution is 0.934. The van der Waals surface area contributed by atoms with Crippen LogP contribution in [0.5, 0.6) is 0 Å². The second-order valence-corrected chi connectivity index (χ2v) is 3.44. The number of fused-ring (bicyclic) bond motifs is 1. The van der Waals surface area contributed by atoms with Crippen LogP contribution in [-0.4, -0.2) is 14.6 Å². The Kier molecular flexibility index (Phi) is 2.66. The molecule has 12 heavy (non-hydrogen) atoms. The van der Waals surface area contributed by atoms with Crippen molar-refractivity contribution in [1.29, 1.82) is 0 Å². The van der Waals surface area contributed by atoms with Crippen LogP contribution in [0.2, 0.25) is 0 Å². The largest absolute Gasteiger partial charge is 0.325 e. The second-order valence-electron chi connectivity index (χ2n) is 2.28. The summed E-state index contributed by atoms with van der Waals surface area (Å²) in [5.74, 6) is 0. The first-order valence-electron chi connectivity index (χ1n) is 3.31. The molecule has 0 saturated heterocycles. The van der Waals surface area contributed by atoms with Crippen molar-refractivity contribution in [2.24, 2.45) is 5.73 Å². The Hall–Kier alpha value is -0.650. The van der Waals surface area contributed by atoms with Gasteiger partial charge >= 0.3 is 0 Å². The Labute approximate surface area is 79.8 Å². The number of nitrogens with zero attached hydrogens (tertiary/aromatic N) is 3. The maximum atomic E-state index is 5.41. The van der Waals surface area contributed by atoms with E-state index in [0.717, 1.165) is 15.7 Å². The molecule has 2 aromatic heterocycles. The Morgan fingerprint density at radius 3 is 3.00 bits per heavy atom. The highest BCUT2D eigenvalue weighted by atomic mass is 35.5. The van der Waals surface area contributed by atoms with Gasteiger partial charge in [-0.2, -0.15) is 5.10 Å². The van der Waals surface area contributed by atoms with E-state index in [9.17, 15) is 0 Å². The smallest absolute Gasteiger partial charge is 0.212 e. The van der Waals surface area contributed by atoms with Gasteiger partial charge in [-0.1, -0.05) is 11.3 Å². The van der Waals surface area contributed by atoms with Crippen molar-refractivity contribution in [2.45, 2.75) is 13.5 Å². The zero-order valence-electron chi connectivity index (χ0n) is 6.52. The first kappa shape index (κ1) is 9.44. The lowest BCUT2D eigenvalue weighted by Crippen LogP contribution is -1.95. The SMILES string of the molecule is Cc1nn2cc(CN)nc2s1.Cl. The third kappa shape index (κ3) is 1.43. The predicted octanol–water partition coefficient (Wildman–Crippen LogP) is 0.980. The molecule has 2 rings (SSSR count). The summed E-state index contributed by atoms with van der Waals surface area (Å²) < 4.78 is 1.77. The summed E-state index contributed by atoms with van der Waals surface area (Å²) >= 11 is 1.57. The molecule has 0 saturated carbocycles. The van der Waals surface area contributed by atoms with Gasteiger partial charge in [0.15, 0.2) is 0 Å². The first-order valence-corrected chi connectivity index (χ1v) is 4.13. The zero-order chi connectivity index (χ0) is 7.84. The minimum atomic E-state index is 0. The molecule has 0 aliphatic rings. The van der Waals surface area contributed by atoms with Crippen LogP contribution in [-0.2, 0) is 6.54 Å². The Morgan fingerprint density at radius 2 is 2.42 bits per heavy atom. The summed E-state index contributed by atoms with van der Waals surface area (Å²) in [6, 6.07) is 0. The van der Waals surface area contributed by atoms with Crippen molar-refractivity contribution < 1.29 is 0 Å². The number of hydrogen-bond acceptors (Lipinski definition) is 4. The van der Waals surface area contributed by atoms with E-state index in [2.05, 4.69) is 10.1 Å². The van der Waals surface area contributed by atoms with E-state index < -0.39 is 0 Å². The molecule has 0 atom stereocenters. The van der Waals surface area contributed by atoms with Crippen molar-refractivity contribution in [3.05, 3.63) is 16.9 Å². The average molecular weight is 205 g/mol. The third-order valence-corrected chi connectivity index (χ3v) is 2.24. The van der Waals surface area contributed by atoms with Gasteiger partial charge in [0.05, 0.1) is 11.9 Å². The second kappa shape index (κ2) is 3.38. The number of rotatable bonds is 1. The maximum absolute atomic E-state index is 5.41. The Morgan fingerprint density at radius 1 is 1.67 bits per heavy atom. The van der Waals surface area contributed by atoms with E-state index in [1.54, 1.807) is 15.9 Å². The Bertz CT molecular complexity index is 348. The molecule has 2 N–H and O–H groups in total. The van der Waals surface area contributed by atoms with E-state index in [1.165, 1.54) is 0 Å². The van der Waals surface area contributed by atoms with Crippen molar-refractivity contribution in [1.82, 2.24) is 14.6 Å². The molecule has 0 spiro atoms. The van der Waals surface area contributed by atoms with E-state index in [-0.39, 0.29) is 12.4 Å². The predicted molar refractivity (Wildman–Crippen MR) is 50.7 cm³/mol. The van der Waals surface area contributed by atoms with Crippen LogP contribution >= 0.6 is 23.7 Å². The molecule has 0 aliphatic heterocycles. The summed E-state index contributed by atoms with van der Waals surface area (Å²) in [6.45, 7) is 2.44. The maximum Gasteiger partial charge on any atom is 0.212 e. The van der Waals surface area contributed by atoms with E-state index in [1.807, 2.05) is 13.1 Å². The van der Waals surface area contributed by atoms with Gasteiger partial charge < -0.3 is 5.73 Å². The standard InChI is InChI=1S/C6H8N4S.ClH/c1-4-9-10-3-5(2-7)8-6(10)11-4;/h3H,2,7H2,1H3;1H. The first-order chi connectivity index (χ1) is 5.29. The number of hydrogen-bond donors (Lipinski definition) is 1. The molecule has 66 valence electrons. The van der Waals surface area contributed by atoms with Gasteiger partial charge in [-0.05, 0) is 6.92 Å². The number of nitrogens with two attached hydrogens (primary N) is 1. The molecule has 0 fully saturated rings. The van der Waals surface area contributed by atoms with Crippen LogP contribution in [0.15, 0.2) is 6.20 Å². The van der Waals surface area contributed by atoms with Gasteiger partial charge in [0, 0.05) is 6.54 Å². The summed E-state index contributed by atoms with van der Waals surface area (Å²) in [7, 11) is 0. The summed E-state index contributed by atoms with van der Waals surface area (Å²) in [4.78, 5) is 5.17. The lowest BCUT2D eigenvalue weighted by atomic mass is 10.5.